The quantitative estimate of drug-likeness (QED) is 0.783. The van der Waals surface area contributed by atoms with Gasteiger partial charge in [0.15, 0.2) is 0 Å². The highest BCUT2D eigenvalue weighted by atomic mass is 32.2. The molecule has 1 amide bonds. The van der Waals surface area contributed by atoms with E-state index in [0.717, 1.165) is 25.3 Å². The number of thioether (sulfide) groups is 2. The summed E-state index contributed by atoms with van der Waals surface area (Å²) in [6, 6.07) is 4.29. The number of thiophene rings is 1. The maximum Gasteiger partial charge on any atom is 0.233 e. The molecule has 118 valence electrons. The number of aromatic nitrogens is 4. The van der Waals surface area contributed by atoms with E-state index in [2.05, 4.69) is 33.0 Å². The van der Waals surface area contributed by atoms with E-state index in [1.807, 2.05) is 16.7 Å². The Kier molecular flexibility index (Phi) is 5.37. The molecule has 0 spiro atoms. The third kappa shape index (κ3) is 3.82. The lowest BCUT2D eigenvalue weighted by molar-refractivity contribution is -0.128. The molecule has 2 aromatic rings. The fourth-order valence-electron chi connectivity index (χ4n) is 2.28. The Morgan fingerprint density at radius 3 is 3.14 bits per heavy atom. The van der Waals surface area contributed by atoms with Crippen LogP contribution in [-0.4, -0.2) is 55.6 Å². The fraction of sp³-hybridized carbons (Fsp3) is 0.538. The minimum absolute atomic E-state index is 0.167. The van der Waals surface area contributed by atoms with Crippen molar-refractivity contribution in [1.29, 1.82) is 0 Å². The molecular formula is C13H17N5OS3. The number of hydrogen-bond acceptors (Lipinski definition) is 7. The largest absolute Gasteiger partial charge is 0.341 e. The molecule has 3 heterocycles. The van der Waals surface area contributed by atoms with Gasteiger partial charge < -0.3 is 4.90 Å². The highest BCUT2D eigenvalue weighted by Gasteiger charge is 2.22. The maximum atomic E-state index is 12.4. The van der Waals surface area contributed by atoms with Gasteiger partial charge in [-0.3, -0.25) is 4.79 Å². The van der Waals surface area contributed by atoms with Crippen LogP contribution in [0.1, 0.15) is 16.5 Å². The van der Waals surface area contributed by atoms with E-state index in [1.54, 1.807) is 23.1 Å². The molecule has 0 N–H and O–H groups in total. The number of amides is 1. The second-order valence-corrected chi connectivity index (χ2v) is 8.15. The normalized spacial score (nSPS) is 19.1. The molecule has 0 aromatic carbocycles. The summed E-state index contributed by atoms with van der Waals surface area (Å²) in [6.45, 7) is 1.65. The van der Waals surface area contributed by atoms with Crippen LogP contribution in [0.25, 0.3) is 0 Å². The van der Waals surface area contributed by atoms with Gasteiger partial charge in [-0.2, -0.15) is 11.8 Å². The SMILES string of the molecule is Cn1nnnc1SCC(=O)N1CCS[C@H](c2cccs2)CC1. The molecule has 1 saturated heterocycles. The highest BCUT2D eigenvalue weighted by Crippen LogP contribution is 2.36. The fourth-order valence-corrected chi connectivity index (χ4v) is 5.27. The van der Waals surface area contributed by atoms with Crippen LogP contribution in [0, 0.1) is 0 Å². The van der Waals surface area contributed by atoms with E-state index < -0.39 is 0 Å². The topological polar surface area (TPSA) is 63.9 Å². The van der Waals surface area contributed by atoms with Gasteiger partial charge in [0.25, 0.3) is 0 Å². The van der Waals surface area contributed by atoms with Crippen LogP contribution in [0.15, 0.2) is 22.7 Å². The minimum atomic E-state index is 0.167. The first-order valence-corrected chi connectivity index (χ1v) is 9.93. The Bertz CT molecular complexity index is 615. The number of tetrazole rings is 1. The van der Waals surface area contributed by atoms with Crippen LogP contribution in [0.4, 0.5) is 0 Å². The Hall–Kier alpha value is -1.06. The Labute approximate surface area is 141 Å². The molecule has 0 bridgehead atoms. The molecule has 0 saturated carbocycles. The minimum Gasteiger partial charge on any atom is -0.341 e. The molecule has 9 heteroatoms. The molecule has 1 aliphatic heterocycles. The third-order valence-electron chi connectivity index (χ3n) is 3.46. The molecule has 1 fully saturated rings. The summed E-state index contributed by atoms with van der Waals surface area (Å²) in [6.07, 6.45) is 1.02. The zero-order chi connectivity index (χ0) is 15.4. The maximum absolute atomic E-state index is 12.4. The predicted octanol–water partition coefficient (Wildman–Crippen LogP) is 2.07. The standard InChI is InChI=1S/C13H17N5OS3/c1-17-13(14-15-16-17)22-9-12(19)18-5-4-11(21-8-6-18)10-3-2-7-20-10/h2-3,7,11H,4-6,8-9H2,1H3/t11-/m0/s1. The van der Waals surface area contributed by atoms with Crippen LogP contribution in [-0.2, 0) is 11.8 Å². The zero-order valence-corrected chi connectivity index (χ0v) is 14.7. The second kappa shape index (κ2) is 7.47. The van der Waals surface area contributed by atoms with Crippen molar-refractivity contribution in [2.24, 2.45) is 7.05 Å². The third-order valence-corrected chi connectivity index (χ3v) is 6.90. The lowest BCUT2D eigenvalue weighted by Gasteiger charge is -2.19. The van der Waals surface area contributed by atoms with Crippen LogP contribution in [0.5, 0.6) is 0 Å². The molecule has 1 aliphatic rings. The summed E-state index contributed by atoms with van der Waals surface area (Å²) < 4.78 is 1.59. The van der Waals surface area contributed by atoms with Gasteiger partial charge in [-0.15, -0.1) is 16.4 Å². The first kappa shape index (κ1) is 15.8. The molecular weight excluding hydrogens is 338 g/mol. The van der Waals surface area contributed by atoms with Crippen molar-refractivity contribution in [2.45, 2.75) is 16.8 Å². The summed E-state index contributed by atoms with van der Waals surface area (Å²) in [5, 5.41) is 14.6. The van der Waals surface area contributed by atoms with Crippen molar-refractivity contribution in [3.63, 3.8) is 0 Å². The highest BCUT2D eigenvalue weighted by molar-refractivity contribution is 8.00. The van der Waals surface area contributed by atoms with E-state index in [1.165, 1.54) is 16.6 Å². The number of rotatable bonds is 4. The number of nitrogens with zero attached hydrogens (tertiary/aromatic N) is 5. The number of hydrogen-bond donors (Lipinski definition) is 0. The van der Waals surface area contributed by atoms with Crippen LogP contribution >= 0.6 is 34.9 Å². The van der Waals surface area contributed by atoms with Gasteiger partial charge in [0.1, 0.15) is 0 Å². The van der Waals surface area contributed by atoms with Gasteiger partial charge in [0.05, 0.1) is 5.75 Å². The molecule has 3 rings (SSSR count). The summed E-state index contributed by atoms with van der Waals surface area (Å²) in [4.78, 5) is 15.8. The average molecular weight is 356 g/mol. The van der Waals surface area contributed by atoms with E-state index in [4.69, 9.17) is 0 Å². The number of carbonyl (C=O) groups excluding carboxylic acids is 1. The first-order chi connectivity index (χ1) is 10.7. The van der Waals surface area contributed by atoms with E-state index in [-0.39, 0.29) is 5.91 Å². The number of carbonyl (C=O) groups is 1. The van der Waals surface area contributed by atoms with Gasteiger partial charge in [-0.25, -0.2) is 4.68 Å². The van der Waals surface area contributed by atoms with Crippen LogP contribution in [0.3, 0.4) is 0 Å². The first-order valence-electron chi connectivity index (χ1n) is 7.02. The van der Waals surface area contributed by atoms with Crippen LogP contribution in [0.2, 0.25) is 0 Å². The second-order valence-electron chi connectivity index (χ2n) is 4.92. The molecule has 0 unspecified atom stereocenters. The molecule has 22 heavy (non-hydrogen) atoms. The van der Waals surface area contributed by atoms with Crippen molar-refractivity contribution in [1.82, 2.24) is 25.1 Å². The summed E-state index contributed by atoms with van der Waals surface area (Å²) in [5.74, 6) is 1.55. The van der Waals surface area contributed by atoms with Crippen LogP contribution < -0.4 is 0 Å². The van der Waals surface area contributed by atoms with Crippen molar-refractivity contribution < 1.29 is 4.79 Å². The van der Waals surface area contributed by atoms with E-state index >= 15 is 0 Å². The summed E-state index contributed by atoms with van der Waals surface area (Å²) >= 11 is 5.15. The van der Waals surface area contributed by atoms with Gasteiger partial charge in [-0.1, -0.05) is 17.8 Å². The molecule has 6 nitrogen and oxygen atoms in total. The Morgan fingerprint density at radius 1 is 1.50 bits per heavy atom. The lowest BCUT2D eigenvalue weighted by Crippen LogP contribution is -2.34. The smallest absolute Gasteiger partial charge is 0.233 e. The van der Waals surface area contributed by atoms with Gasteiger partial charge >= 0.3 is 0 Å². The van der Waals surface area contributed by atoms with Crippen molar-refractivity contribution in [2.75, 3.05) is 24.6 Å². The number of aryl methyl sites for hydroxylation is 1. The molecule has 2 aromatic heterocycles. The van der Waals surface area contributed by atoms with Gasteiger partial charge in [0, 0.05) is 36.0 Å². The van der Waals surface area contributed by atoms with E-state index in [9.17, 15) is 4.79 Å². The Morgan fingerprint density at radius 2 is 2.41 bits per heavy atom. The average Bonchev–Trinajstić information content (AvgIpc) is 3.12. The molecule has 0 radical (unpaired) electrons. The molecule has 1 atom stereocenters. The zero-order valence-electron chi connectivity index (χ0n) is 12.2. The Balaban J connectivity index is 1.52. The lowest BCUT2D eigenvalue weighted by atomic mass is 10.2. The summed E-state index contributed by atoms with van der Waals surface area (Å²) in [7, 11) is 1.78. The molecule has 0 aliphatic carbocycles. The summed E-state index contributed by atoms with van der Waals surface area (Å²) in [5.41, 5.74) is 0. The van der Waals surface area contributed by atoms with Crippen molar-refractivity contribution >= 4 is 40.8 Å². The van der Waals surface area contributed by atoms with E-state index in [0.29, 0.717) is 16.2 Å². The monoisotopic (exact) mass is 355 g/mol. The van der Waals surface area contributed by atoms with Gasteiger partial charge in [0.2, 0.25) is 11.1 Å². The van der Waals surface area contributed by atoms with Gasteiger partial charge in [-0.05, 0) is 28.3 Å². The predicted molar refractivity (Wildman–Crippen MR) is 90.2 cm³/mol. The van der Waals surface area contributed by atoms with Crippen molar-refractivity contribution in [3.8, 4) is 0 Å². The van der Waals surface area contributed by atoms with Crippen molar-refractivity contribution in [3.05, 3.63) is 22.4 Å².